The van der Waals surface area contributed by atoms with Gasteiger partial charge in [-0.1, -0.05) is 18.2 Å². The number of nitrogens with one attached hydrogen (secondary N) is 1. The number of benzene rings is 2. The number of hydrogen-bond acceptors (Lipinski definition) is 6. The summed E-state index contributed by atoms with van der Waals surface area (Å²) in [5, 5.41) is 5.53. The molecule has 4 rings (SSSR count). The van der Waals surface area contributed by atoms with Crippen LogP contribution in [0.15, 0.2) is 40.6 Å². The number of alkyl halides is 1. The van der Waals surface area contributed by atoms with Gasteiger partial charge in [-0.05, 0) is 56.3 Å². The monoisotopic (exact) mass is 519 g/mol. The van der Waals surface area contributed by atoms with E-state index in [4.69, 9.17) is 16.3 Å². The Hall–Kier alpha value is -1.71. The maximum atomic E-state index is 13.1. The Labute approximate surface area is 214 Å². The molecule has 2 aliphatic heterocycles. The fraction of sp³-hybridized carbons (Fsp3) is 0.440. The summed E-state index contributed by atoms with van der Waals surface area (Å²) < 4.78 is 8.65. The van der Waals surface area contributed by atoms with Crippen LogP contribution in [0.2, 0.25) is 0 Å². The Morgan fingerprint density at radius 2 is 2.06 bits per heavy atom. The molecule has 1 N–H and O–H groups in total. The minimum atomic E-state index is -0.0261. The van der Waals surface area contributed by atoms with Crippen molar-refractivity contribution in [3.63, 3.8) is 0 Å². The first-order valence-electron chi connectivity index (χ1n) is 11.5. The van der Waals surface area contributed by atoms with E-state index in [1.165, 1.54) is 4.24 Å². The molecule has 2 aliphatic rings. The van der Waals surface area contributed by atoms with Crippen LogP contribution in [-0.2, 0) is 9.53 Å². The average molecular weight is 520 g/mol. The first kappa shape index (κ1) is 25.4. The van der Waals surface area contributed by atoms with E-state index in [1.807, 2.05) is 42.2 Å². The van der Waals surface area contributed by atoms with Crippen LogP contribution in [-0.4, -0.2) is 54.7 Å². The number of carbonyl (C=O) groups is 2. The smallest absolute Gasteiger partial charge is 0.258 e. The first-order chi connectivity index (χ1) is 16.6. The van der Waals surface area contributed by atoms with Crippen molar-refractivity contribution in [3.05, 3.63) is 46.2 Å². The molecule has 182 valence electrons. The van der Waals surface area contributed by atoms with Crippen LogP contribution in [0.25, 0.3) is 10.8 Å². The number of anilines is 2. The van der Waals surface area contributed by atoms with Crippen LogP contribution >= 0.6 is 35.3 Å². The molecular formula is C25H30ClN3O3S2. The maximum Gasteiger partial charge on any atom is 0.258 e. The lowest BCUT2D eigenvalue weighted by atomic mass is 9.96. The number of ether oxygens (including phenoxy) is 1. The lowest BCUT2D eigenvalue weighted by molar-refractivity contribution is -0.120. The molecule has 2 aromatic rings. The number of halogens is 1. The number of hydrogen-bond donors (Lipinski definition) is 1. The van der Waals surface area contributed by atoms with E-state index in [0.717, 1.165) is 54.5 Å². The Morgan fingerprint density at radius 3 is 2.76 bits per heavy atom. The quantitative estimate of drug-likeness (QED) is 0.238. The number of thioether (sulfide) groups is 1. The van der Waals surface area contributed by atoms with Gasteiger partial charge in [0.25, 0.3) is 5.91 Å². The number of piperidine rings is 1. The zero-order chi connectivity index (χ0) is 24.1. The molecule has 0 aliphatic carbocycles. The van der Waals surface area contributed by atoms with Crippen molar-refractivity contribution >= 4 is 69.3 Å². The van der Waals surface area contributed by atoms with Crippen LogP contribution < -0.4 is 10.2 Å². The largest absolute Gasteiger partial charge is 0.385 e. The molecule has 34 heavy (non-hydrogen) atoms. The fourth-order valence-corrected chi connectivity index (χ4v) is 6.81. The molecule has 2 amide bonds. The molecule has 0 radical (unpaired) electrons. The van der Waals surface area contributed by atoms with Crippen LogP contribution in [0.5, 0.6) is 0 Å². The second kappa shape index (κ2) is 11.8. The Bertz CT molecular complexity index is 1090. The first-order valence-corrected chi connectivity index (χ1v) is 13.8. The van der Waals surface area contributed by atoms with Gasteiger partial charge in [-0.2, -0.15) is 0 Å². The molecule has 6 nitrogen and oxygen atoms in total. The zero-order valence-corrected chi connectivity index (χ0v) is 21.9. The molecule has 2 aromatic carbocycles. The number of amides is 2. The summed E-state index contributed by atoms with van der Waals surface area (Å²) in [5.41, 5.74) is 2.37. The summed E-state index contributed by atoms with van der Waals surface area (Å²) in [6, 6.07) is 9.61. The van der Waals surface area contributed by atoms with Gasteiger partial charge < -0.3 is 15.0 Å². The Kier molecular flexibility index (Phi) is 8.82. The van der Waals surface area contributed by atoms with Crippen molar-refractivity contribution < 1.29 is 14.3 Å². The van der Waals surface area contributed by atoms with E-state index in [1.54, 1.807) is 30.8 Å². The standard InChI is InChI=1S/C25H30ClN3O3S2/c1-3-22(33-16-26)34-28-13-10-17(11-14-28)24(30)27-20-8-9-21-23-18(20)6-4-7-19(23)25(31)29(21)12-5-15-32-2/h3-4,6-9,17H,5,10-16H2,1-2H3,(H,27,30)/b22-3+. The van der Waals surface area contributed by atoms with Crippen molar-refractivity contribution in [3.8, 4) is 0 Å². The molecule has 2 heterocycles. The zero-order valence-electron chi connectivity index (χ0n) is 19.5. The molecular weight excluding hydrogens is 490 g/mol. The third-order valence-corrected chi connectivity index (χ3v) is 8.82. The van der Waals surface area contributed by atoms with Crippen molar-refractivity contribution in [2.45, 2.75) is 26.2 Å². The summed E-state index contributed by atoms with van der Waals surface area (Å²) in [7, 11) is 1.67. The van der Waals surface area contributed by atoms with Gasteiger partial charge in [-0.15, -0.1) is 23.4 Å². The van der Waals surface area contributed by atoms with Gasteiger partial charge in [0.1, 0.15) is 0 Å². The Morgan fingerprint density at radius 1 is 1.26 bits per heavy atom. The average Bonchev–Trinajstić information content (AvgIpc) is 3.13. The van der Waals surface area contributed by atoms with E-state index in [0.29, 0.717) is 23.9 Å². The molecule has 0 spiro atoms. The molecule has 0 saturated carbocycles. The highest BCUT2D eigenvalue weighted by Crippen LogP contribution is 2.41. The van der Waals surface area contributed by atoms with Crippen molar-refractivity contribution in [1.29, 1.82) is 0 Å². The van der Waals surface area contributed by atoms with E-state index in [-0.39, 0.29) is 17.7 Å². The van der Waals surface area contributed by atoms with Crippen LogP contribution in [0.4, 0.5) is 11.4 Å². The number of allylic oxidation sites excluding steroid dienone is 1. The predicted molar refractivity (Wildman–Crippen MR) is 145 cm³/mol. The third-order valence-electron chi connectivity index (χ3n) is 6.25. The fourth-order valence-electron chi connectivity index (χ4n) is 4.53. The van der Waals surface area contributed by atoms with Gasteiger partial charge >= 0.3 is 0 Å². The summed E-state index contributed by atoms with van der Waals surface area (Å²) >= 11 is 9.21. The summed E-state index contributed by atoms with van der Waals surface area (Å²) in [5.74, 6) is 0.0349. The normalized spacial score (nSPS) is 17.1. The number of methoxy groups -OCH3 is 1. The van der Waals surface area contributed by atoms with Crippen molar-refractivity contribution in [2.75, 3.05) is 48.8 Å². The minimum absolute atomic E-state index is 0.0119. The highest BCUT2D eigenvalue weighted by atomic mass is 35.5. The number of rotatable bonds is 10. The van der Waals surface area contributed by atoms with E-state index >= 15 is 0 Å². The van der Waals surface area contributed by atoms with Gasteiger partial charge in [-0.3, -0.25) is 9.59 Å². The summed E-state index contributed by atoms with van der Waals surface area (Å²) in [4.78, 5) is 27.9. The SMILES string of the molecule is C/C=C(\SCCl)SN1CCC(C(=O)Nc2ccc3c4c(cccc24)C(=O)N3CCCOC)CC1. The molecule has 0 unspecified atom stereocenters. The third kappa shape index (κ3) is 5.41. The molecule has 9 heteroatoms. The Balaban J connectivity index is 1.44. The van der Waals surface area contributed by atoms with E-state index in [2.05, 4.69) is 15.7 Å². The predicted octanol–water partition coefficient (Wildman–Crippen LogP) is 5.93. The van der Waals surface area contributed by atoms with E-state index < -0.39 is 0 Å². The number of nitrogens with zero attached hydrogens (tertiary/aromatic N) is 2. The second-order valence-corrected chi connectivity index (χ2v) is 11.3. The maximum absolute atomic E-state index is 13.1. The lowest BCUT2D eigenvalue weighted by Crippen LogP contribution is -2.34. The topological polar surface area (TPSA) is 61.9 Å². The van der Waals surface area contributed by atoms with Crippen LogP contribution in [0.3, 0.4) is 0 Å². The van der Waals surface area contributed by atoms with E-state index in [9.17, 15) is 9.59 Å². The summed E-state index contributed by atoms with van der Waals surface area (Å²) in [6.07, 6.45) is 4.48. The molecule has 0 bridgehead atoms. The van der Waals surface area contributed by atoms with Gasteiger partial charge in [-0.25, -0.2) is 4.31 Å². The lowest BCUT2D eigenvalue weighted by Gasteiger charge is -2.30. The summed E-state index contributed by atoms with van der Waals surface area (Å²) in [6.45, 7) is 4.95. The van der Waals surface area contributed by atoms with Gasteiger partial charge in [0.05, 0.1) is 15.1 Å². The molecule has 1 saturated heterocycles. The van der Waals surface area contributed by atoms with Crippen molar-refractivity contribution in [1.82, 2.24) is 4.31 Å². The van der Waals surface area contributed by atoms with Crippen LogP contribution in [0, 0.1) is 5.92 Å². The van der Waals surface area contributed by atoms with Gasteiger partial charge in [0, 0.05) is 61.3 Å². The van der Waals surface area contributed by atoms with Crippen LogP contribution in [0.1, 0.15) is 36.5 Å². The number of carbonyl (C=O) groups excluding carboxylic acids is 2. The second-order valence-electron chi connectivity index (χ2n) is 8.31. The minimum Gasteiger partial charge on any atom is -0.385 e. The van der Waals surface area contributed by atoms with Gasteiger partial charge in [0.15, 0.2) is 0 Å². The highest BCUT2D eigenvalue weighted by molar-refractivity contribution is 8.21. The van der Waals surface area contributed by atoms with Crippen molar-refractivity contribution in [2.24, 2.45) is 5.92 Å². The van der Waals surface area contributed by atoms with Gasteiger partial charge in [0.2, 0.25) is 5.91 Å². The molecule has 0 aromatic heterocycles. The molecule has 1 fully saturated rings. The molecule has 0 atom stereocenters. The highest BCUT2D eigenvalue weighted by Gasteiger charge is 2.31.